The second kappa shape index (κ2) is 6.38. The Bertz CT molecular complexity index is 465. The first kappa shape index (κ1) is 14.3. The van der Waals surface area contributed by atoms with E-state index in [4.69, 9.17) is 15.7 Å². The molecule has 2 rings (SSSR count). The molecule has 8 nitrogen and oxygen atoms in total. The molecule has 2 heterocycles. The highest BCUT2D eigenvalue weighted by atomic mass is 16.5. The third-order valence-electron chi connectivity index (χ3n) is 3.61. The number of hydrogen-bond donors (Lipinski definition) is 4. The van der Waals surface area contributed by atoms with Crippen LogP contribution >= 0.6 is 0 Å². The number of amides is 1. The van der Waals surface area contributed by atoms with E-state index in [0.29, 0.717) is 39.0 Å². The van der Waals surface area contributed by atoms with Gasteiger partial charge in [0.15, 0.2) is 5.84 Å². The van der Waals surface area contributed by atoms with E-state index in [1.54, 1.807) is 12.5 Å². The van der Waals surface area contributed by atoms with Crippen LogP contribution in [0.3, 0.4) is 0 Å². The van der Waals surface area contributed by atoms with E-state index >= 15 is 0 Å². The maximum Gasteiger partial charge on any atom is 0.234 e. The number of oxime groups is 1. The average Bonchev–Trinajstić information content (AvgIpc) is 3.00. The number of nitrogens with two attached hydrogens (primary N) is 1. The minimum absolute atomic E-state index is 0.0557. The quantitative estimate of drug-likeness (QED) is 0.253. The number of ether oxygens (including phenoxy) is 1. The molecule has 0 aliphatic carbocycles. The van der Waals surface area contributed by atoms with Gasteiger partial charge >= 0.3 is 0 Å². The Hall–Kier alpha value is -2.09. The van der Waals surface area contributed by atoms with E-state index in [0.717, 1.165) is 5.69 Å². The molecule has 0 aromatic carbocycles. The molecule has 1 aromatic heterocycles. The summed E-state index contributed by atoms with van der Waals surface area (Å²) in [6, 6.07) is 0. The number of nitrogens with zero attached hydrogens (tertiary/aromatic N) is 2. The summed E-state index contributed by atoms with van der Waals surface area (Å²) in [5.41, 5.74) is 5.69. The summed E-state index contributed by atoms with van der Waals surface area (Å²) in [4.78, 5) is 19.3. The maximum absolute atomic E-state index is 12.4. The molecular weight excluding hydrogens is 262 g/mol. The van der Waals surface area contributed by atoms with Gasteiger partial charge in [0, 0.05) is 38.1 Å². The largest absolute Gasteiger partial charge is 0.409 e. The van der Waals surface area contributed by atoms with Gasteiger partial charge in [0.2, 0.25) is 5.91 Å². The number of hydrogen-bond acceptors (Lipinski definition) is 5. The predicted octanol–water partition coefficient (Wildman–Crippen LogP) is -0.388. The number of carbonyl (C=O) groups excluding carboxylic acids is 1. The van der Waals surface area contributed by atoms with Crippen molar-refractivity contribution >= 4 is 11.7 Å². The van der Waals surface area contributed by atoms with Gasteiger partial charge < -0.3 is 26.0 Å². The van der Waals surface area contributed by atoms with Gasteiger partial charge in [-0.15, -0.1) is 0 Å². The van der Waals surface area contributed by atoms with Crippen LogP contribution in [0.25, 0.3) is 0 Å². The zero-order chi connectivity index (χ0) is 14.4. The van der Waals surface area contributed by atoms with Crippen LogP contribution in [0.1, 0.15) is 18.5 Å². The lowest BCUT2D eigenvalue weighted by atomic mass is 9.78. The topological polar surface area (TPSA) is 126 Å². The normalized spacial score (nSPS) is 18.7. The first-order valence-corrected chi connectivity index (χ1v) is 6.50. The highest BCUT2D eigenvalue weighted by molar-refractivity contribution is 6.06. The van der Waals surface area contributed by atoms with Crippen molar-refractivity contribution in [1.82, 2.24) is 15.3 Å². The second-order valence-corrected chi connectivity index (χ2v) is 4.76. The van der Waals surface area contributed by atoms with Crippen LogP contribution in [0.5, 0.6) is 0 Å². The molecule has 110 valence electrons. The van der Waals surface area contributed by atoms with Crippen molar-refractivity contribution < 1.29 is 14.7 Å². The first-order valence-electron chi connectivity index (χ1n) is 6.50. The van der Waals surface area contributed by atoms with E-state index in [9.17, 15) is 4.79 Å². The highest BCUT2D eigenvalue weighted by Gasteiger charge is 2.44. The third kappa shape index (κ3) is 2.90. The molecule has 1 amide bonds. The standard InChI is InChI=1S/C12H19N5O3/c13-10(17-19)12(2-5-20-6-3-12)11(18)15-4-1-9-7-14-8-16-9/h7-8,19H,1-6H2,(H2,13,17)(H,14,16)(H,15,18). The highest BCUT2D eigenvalue weighted by Crippen LogP contribution is 2.31. The van der Waals surface area contributed by atoms with Crippen molar-refractivity contribution in [2.75, 3.05) is 19.8 Å². The Morgan fingerprint density at radius 2 is 2.35 bits per heavy atom. The Kier molecular flexibility index (Phi) is 4.57. The molecule has 1 aliphatic rings. The van der Waals surface area contributed by atoms with Crippen molar-refractivity contribution in [2.45, 2.75) is 19.3 Å². The zero-order valence-electron chi connectivity index (χ0n) is 11.1. The first-order chi connectivity index (χ1) is 9.69. The van der Waals surface area contributed by atoms with Crippen LogP contribution in [0.15, 0.2) is 17.7 Å². The van der Waals surface area contributed by atoms with Gasteiger partial charge in [-0.2, -0.15) is 0 Å². The molecule has 1 saturated heterocycles. The van der Waals surface area contributed by atoms with Crippen molar-refractivity contribution in [3.63, 3.8) is 0 Å². The molecule has 8 heteroatoms. The van der Waals surface area contributed by atoms with Crippen LogP contribution < -0.4 is 11.1 Å². The smallest absolute Gasteiger partial charge is 0.234 e. The van der Waals surface area contributed by atoms with Crippen molar-refractivity contribution in [2.24, 2.45) is 16.3 Å². The molecular formula is C12H19N5O3. The summed E-state index contributed by atoms with van der Waals surface area (Å²) in [5, 5.41) is 14.8. The van der Waals surface area contributed by atoms with Crippen LogP contribution in [-0.2, 0) is 16.0 Å². The van der Waals surface area contributed by atoms with Gasteiger partial charge in [-0.25, -0.2) is 4.98 Å². The molecule has 0 atom stereocenters. The van der Waals surface area contributed by atoms with Crippen molar-refractivity contribution in [3.8, 4) is 0 Å². The number of rotatable bonds is 5. The van der Waals surface area contributed by atoms with Gasteiger partial charge in [0.05, 0.1) is 6.33 Å². The lowest BCUT2D eigenvalue weighted by Crippen LogP contribution is -2.53. The second-order valence-electron chi connectivity index (χ2n) is 4.76. The maximum atomic E-state index is 12.4. The van der Waals surface area contributed by atoms with Crippen LogP contribution in [0, 0.1) is 5.41 Å². The minimum atomic E-state index is -0.971. The van der Waals surface area contributed by atoms with E-state index in [1.807, 2.05) is 0 Å². The molecule has 1 aromatic rings. The number of imidazole rings is 1. The average molecular weight is 281 g/mol. The van der Waals surface area contributed by atoms with Crippen molar-refractivity contribution in [1.29, 1.82) is 0 Å². The van der Waals surface area contributed by atoms with Gasteiger partial charge in [0.25, 0.3) is 0 Å². The van der Waals surface area contributed by atoms with E-state index in [2.05, 4.69) is 20.4 Å². The molecule has 0 bridgehead atoms. The fourth-order valence-corrected chi connectivity index (χ4v) is 2.32. The van der Waals surface area contributed by atoms with Crippen LogP contribution in [-0.4, -0.2) is 46.7 Å². The van der Waals surface area contributed by atoms with Crippen LogP contribution in [0.2, 0.25) is 0 Å². The fourth-order valence-electron chi connectivity index (χ4n) is 2.32. The molecule has 0 unspecified atom stereocenters. The molecule has 0 saturated carbocycles. The molecule has 20 heavy (non-hydrogen) atoms. The summed E-state index contributed by atoms with van der Waals surface area (Å²) in [6.45, 7) is 1.30. The lowest BCUT2D eigenvalue weighted by molar-refractivity contribution is -0.131. The number of aromatic nitrogens is 2. The Morgan fingerprint density at radius 1 is 1.60 bits per heavy atom. The molecule has 5 N–H and O–H groups in total. The SMILES string of the molecule is NC(=NO)C1(C(=O)NCCc2cnc[nH]2)CCOCC1. The molecule has 1 aliphatic heterocycles. The molecule has 0 spiro atoms. The van der Waals surface area contributed by atoms with Gasteiger partial charge in [0.1, 0.15) is 5.41 Å². The summed E-state index contributed by atoms with van der Waals surface area (Å²) in [6.07, 6.45) is 4.78. The predicted molar refractivity (Wildman–Crippen MR) is 71.2 cm³/mol. The molecule has 1 fully saturated rings. The Labute approximate surface area is 116 Å². The minimum Gasteiger partial charge on any atom is -0.409 e. The van der Waals surface area contributed by atoms with E-state index in [1.165, 1.54) is 0 Å². The molecule has 0 radical (unpaired) electrons. The summed E-state index contributed by atoms with van der Waals surface area (Å²) in [7, 11) is 0. The number of H-pyrrole nitrogens is 1. The summed E-state index contributed by atoms with van der Waals surface area (Å²) < 4.78 is 5.25. The number of carbonyl (C=O) groups is 1. The fraction of sp³-hybridized carbons (Fsp3) is 0.583. The van der Waals surface area contributed by atoms with E-state index < -0.39 is 5.41 Å². The number of aromatic amines is 1. The number of amidine groups is 1. The summed E-state index contributed by atoms with van der Waals surface area (Å²) >= 11 is 0. The van der Waals surface area contributed by atoms with Crippen LogP contribution in [0.4, 0.5) is 0 Å². The third-order valence-corrected chi connectivity index (χ3v) is 3.61. The lowest BCUT2D eigenvalue weighted by Gasteiger charge is -2.34. The summed E-state index contributed by atoms with van der Waals surface area (Å²) in [5.74, 6) is -0.282. The van der Waals surface area contributed by atoms with Gasteiger partial charge in [-0.05, 0) is 12.8 Å². The monoisotopic (exact) mass is 281 g/mol. The van der Waals surface area contributed by atoms with Gasteiger partial charge in [-0.1, -0.05) is 5.16 Å². The van der Waals surface area contributed by atoms with E-state index in [-0.39, 0.29) is 11.7 Å². The number of nitrogens with one attached hydrogen (secondary N) is 2. The van der Waals surface area contributed by atoms with Crippen molar-refractivity contribution in [3.05, 3.63) is 18.2 Å². The van der Waals surface area contributed by atoms with Gasteiger partial charge in [-0.3, -0.25) is 4.79 Å². The Balaban J connectivity index is 1.96. The zero-order valence-corrected chi connectivity index (χ0v) is 11.1. The Morgan fingerprint density at radius 3 is 2.95 bits per heavy atom.